The second kappa shape index (κ2) is 8.60. The fourth-order valence-electron chi connectivity index (χ4n) is 5.69. The predicted octanol–water partition coefficient (Wildman–Crippen LogP) is 3.16. The van der Waals surface area contributed by atoms with Crippen LogP contribution in [0.3, 0.4) is 0 Å². The molecule has 12 heteroatoms. The average Bonchev–Trinajstić information content (AvgIpc) is 3.47. The monoisotopic (exact) mass is 524 g/mol. The summed E-state index contributed by atoms with van der Waals surface area (Å²) in [6.45, 7) is 5.09. The van der Waals surface area contributed by atoms with Gasteiger partial charge in [-0.25, -0.2) is 9.78 Å². The Morgan fingerprint density at radius 2 is 1.97 bits per heavy atom. The number of imidazole rings is 1. The van der Waals surface area contributed by atoms with Crippen LogP contribution in [0, 0.1) is 21.4 Å². The van der Waals surface area contributed by atoms with Crippen LogP contribution in [0.5, 0.6) is 0 Å². The summed E-state index contributed by atoms with van der Waals surface area (Å²) in [4.78, 5) is 55.3. The summed E-state index contributed by atoms with van der Waals surface area (Å²) < 4.78 is 1.67. The van der Waals surface area contributed by atoms with Gasteiger partial charge in [-0.1, -0.05) is 26.0 Å². The summed E-state index contributed by atoms with van der Waals surface area (Å²) in [7, 11) is 0. The zero-order valence-electron chi connectivity index (χ0n) is 20.2. The van der Waals surface area contributed by atoms with Crippen LogP contribution in [-0.4, -0.2) is 59.2 Å². The van der Waals surface area contributed by atoms with Crippen molar-refractivity contribution in [2.24, 2.45) is 11.3 Å². The lowest BCUT2D eigenvalue weighted by molar-refractivity contribution is -0.384. The lowest BCUT2D eigenvalue weighted by Crippen LogP contribution is -2.66. The molecule has 1 fully saturated rings. The first-order valence-electron chi connectivity index (χ1n) is 11.7. The Bertz CT molecular complexity index is 1500. The van der Waals surface area contributed by atoms with Gasteiger partial charge in [0.15, 0.2) is 5.78 Å². The molecule has 2 aliphatic rings. The normalized spacial score (nSPS) is 23.8. The van der Waals surface area contributed by atoms with Crippen LogP contribution in [-0.2, 0) is 16.0 Å². The maximum atomic E-state index is 13.1. The Balaban J connectivity index is 1.69. The highest BCUT2D eigenvalue weighted by Gasteiger charge is 2.66. The fourth-order valence-corrected chi connectivity index (χ4v) is 6.96. The van der Waals surface area contributed by atoms with E-state index in [-0.39, 0.29) is 30.0 Å². The number of aliphatic hydroxyl groups is 1. The number of rotatable bonds is 8. The van der Waals surface area contributed by atoms with Gasteiger partial charge >= 0.3 is 5.97 Å². The Kier molecular flexibility index (Phi) is 5.76. The minimum atomic E-state index is -1.27. The fraction of sp³-hybridized carbons (Fsp3) is 0.360. The maximum absolute atomic E-state index is 13.1. The van der Waals surface area contributed by atoms with Crippen LogP contribution in [0.4, 0.5) is 5.69 Å². The van der Waals surface area contributed by atoms with Crippen molar-refractivity contribution >= 4 is 45.1 Å². The van der Waals surface area contributed by atoms with Gasteiger partial charge in [0.1, 0.15) is 22.5 Å². The number of aliphatic hydroxyl groups excluding tert-OH is 1. The predicted molar refractivity (Wildman–Crippen MR) is 133 cm³/mol. The molecule has 2 N–H and O–H groups in total. The number of carbonyl (C=O) groups excluding carboxylic acids is 2. The van der Waals surface area contributed by atoms with Crippen LogP contribution in [0.25, 0.3) is 10.4 Å². The molecule has 0 bridgehead atoms. The number of nitro benzene ring substituents is 1. The van der Waals surface area contributed by atoms with Gasteiger partial charge in [-0.2, -0.15) is 0 Å². The second-order valence-electron chi connectivity index (χ2n) is 9.64. The SMILES string of the molecule is CCC(=O)c1ncn2cc(C3=C(C(=O)O)N4C(=O)[C@H]([C@@H](C)O)[C@@H]4[C@@]3(C)Cc3ccc([N+](=O)[O-])cc3)sc12. The van der Waals surface area contributed by atoms with Crippen LogP contribution >= 0.6 is 11.3 Å². The van der Waals surface area contributed by atoms with Gasteiger partial charge in [-0.3, -0.25) is 24.1 Å². The first kappa shape index (κ1) is 24.8. The molecule has 192 valence electrons. The Morgan fingerprint density at radius 3 is 2.54 bits per heavy atom. The van der Waals surface area contributed by atoms with Crippen molar-refractivity contribution in [2.75, 3.05) is 0 Å². The number of nitrogens with zero attached hydrogens (tertiary/aromatic N) is 4. The summed E-state index contributed by atoms with van der Waals surface area (Å²) in [5.41, 5.74) is 0.254. The lowest BCUT2D eigenvalue weighted by Gasteiger charge is -2.51. The molecule has 0 spiro atoms. The highest BCUT2D eigenvalue weighted by atomic mass is 32.1. The highest BCUT2D eigenvalue weighted by Crippen LogP contribution is 2.59. The van der Waals surface area contributed by atoms with Gasteiger partial charge < -0.3 is 15.1 Å². The number of hydrogen-bond donors (Lipinski definition) is 2. The number of carboxylic acid groups (broad SMARTS) is 1. The topological polar surface area (TPSA) is 155 Å². The van der Waals surface area contributed by atoms with Crippen molar-refractivity contribution in [3.05, 3.63) is 68.7 Å². The summed E-state index contributed by atoms with van der Waals surface area (Å²) in [6, 6.07) is 5.36. The van der Waals surface area contributed by atoms with Crippen molar-refractivity contribution in [3.8, 4) is 0 Å². The highest BCUT2D eigenvalue weighted by molar-refractivity contribution is 7.18. The maximum Gasteiger partial charge on any atom is 0.352 e. The average molecular weight is 525 g/mol. The van der Waals surface area contributed by atoms with E-state index in [1.807, 2.05) is 6.92 Å². The number of fused-ring (bicyclic) bond motifs is 2. The van der Waals surface area contributed by atoms with E-state index in [0.717, 1.165) is 0 Å². The number of β-lactam (4-membered cyclic amide) rings is 1. The molecule has 0 aliphatic carbocycles. The molecule has 1 amide bonds. The third-order valence-electron chi connectivity index (χ3n) is 7.33. The first-order valence-corrected chi connectivity index (χ1v) is 12.5. The van der Waals surface area contributed by atoms with E-state index in [9.17, 15) is 34.7 Å². The smallest absolute Gasteiger partial charge is 0.352 e. The number of Topliss-reactive ketones (excluding diaryl/α,β-unsaturated/α-hetero) is 1. The number of nitro groups is 1. The molecule has 3 aromatic rings. The first-order chi connectivity index (χ1) is 17.5. The Morgan fingerprint density at radius 1 is 1.30 bits per heavy atom. The van der Waals surface area contributed by atoms with Gasteiger partial charge in [-0.15, -0.1) is 11.3 Å². The van der Waals surface area contributed by atoms with Gasteiger partial charge in [0.05, 0.1) is 27.9 Å². The molecule has 0 radical (unpaired) electrons. The molecule has 11 nitrogen and oxygen atoms in total. The molecule has 2 aliphatic heterocycles. The molecule has 0 unspecified atom stereocenters. The molecule has 1 saturated heterocycles. The number of hydrogen-bond acceptors (Lipinski definition) is 8. The number of thiazole rings is 1. The number of ketones is 1. The van der Waals surface area contributed by atoms with Crippen molar-refractivity contribution < 1.29 is 29.5 Å². The Hall–Kier alpha value is -3.90. The van der Waals surface area contributed by atoms with Crippen molar-refractivity contribution in [2.45, 2.75) is 45.8 Å². The number of aromatic nitrogens is 2. The molecule has 1 aromatic carbocycles. The van der Waals surface area contributed by atoms with Crippen LogP contribution < -0.4 is 0 Å². The standard InChI is InChI=1S/C25H24N4O7S/c1-4-15(31)19-23-27(11-26-19)10-16(37-23)18-20(24(33)34)28-21(17(12(2)30)22(28)32)25(18,3)9-13-5-7-14(8-6-13)29(35)36/h5-8,10-12,17,21,30H,4,9H2,1-3H3,(H,33,34)/t12-,17-,21-,25+/m1/s1. The number of carbonyl (C=O) groups is 3. The minimum Gasteiger partial charge on any atom is -0.477 e. The van der Waals surface area contributed by atoms with E-state index in [1.54, 1.807) is 29.7 Å². The number of non-ortho nitro benzene ring substituents is 1. The molecular formula is C25H24N4O7S. The van der Waals surface area contributed by atoms with Gasteiger partial charge in [0.25, 0.3) is 5.69 Å². The van der Waals surface area contributed by atoms with E-state index >= 15 is 0 Å². The molecule has 4 heterocycles. The summed E-state index contributed by atoms with van der Waals surface area (Å²) >= 11 is 1.22. The Labute approximate surface area is 214 Å². The largest absolute Gasteiger partial charge is 0.477 e. The van der Waals surface area contributed by atoms with E-state index in [2.05, 4.69) is 4.98 Å². The number of aliphatic carboxylic acids is 1. The van der Waals surface area contributed by atoms with E-state index in [4.69, 9.17) is 0 Å². The summed E-state index contributed by atoms with van der Waals surface area (Å²) in [5, 5.41) is 31.8. The molecular weight excluding hydrogens is 500 g/mol. The summed E-state index contributed by atoms with van der Waals surface area (Å²) in [5.74, 6) is -2.68. The zero-order valence-corrected chi connectivity index (χ0v) is 21.1. The lowest BCUT2D eigenvalue weighted by atomic mass is 9.64. The van der Waals surface area contributed by atoms with Crippen molar-refractivity contribution in [1.29, 1.82) is 0 Å². The number of carboxylic acids is 1. The van der Waals surface area contributed by atoms with Gasteiger partial charge in [-0.05, 0) is 18.9 Å². The second-order valence-corrected chi connectivity index (χ2v) is 10.7. The molecule has 4 atom stereocenters. The van der Waals surface area contributed by atoms with E-state index in [0.29, 0.717) is 26.5 Å². The van der Waals surface area contributed by atoms with Crippen LogP contribution in [0.15, 0.2) is 42.5 Å². The van der Waals surface area contributed by atoms with Crippen molar-refractivity contribution in [3.63, 3.8) is 0 Å². The third-order valence-corrected chi connectivity index (χ3v) is 8.45. The number of benzene rings is 1. The van der Waals surface area contributed by atoms with Crippen molar-refractivity contribution in [1.82, 2.24) is 14.3 Å². The van der Waals surface area contributed by atoms with Gasteiger partial charge in [0.2, 0.25) is 5.91 Å². The molecule has 2 aromatic heterocycles. The molecule has 0 saturated carbocycles. The minimum absolute atomic E-state index is 0.0707. The van der Waals surface area contributed by atoms with E-state index in [1.165, 1.54) is 41.6 Å². The van der Waals surface area contributed by atoms with E-state index < -0.39 is 40.3 Å². The van der Waals surface area contributed by atoms with Gasteiger partial charge in [0, 0.05) is 35.7 Å². The quantitative estimate of drug-likeness (QED) is 0.197. The summed E-state index contributed by atoms with van der Waals surface area (Å²) in [6.07, 6.45) is 2.73. The molecule has 37 heavy (non-hydrogen) atoms. The third kappa shape index (κ3) is 3.58. The van der Waals surface area contributed by atoms with Crippen LogP contribution in [0.1, 0.15) is 48.1 Å². The molecule has 5 rings (SSSR count). The zero-order chi connectivity index (χ0) is 26.8. The van der Waals surface area contributed by atoms with Crippen LogP contribution in [0.2, 0.25) is 0 Å². The number of amides is 1.